The lowest BCUT2D eigenvalue weighted by atomic mass is 10.1. The Morgan fingerprint density at radius 3 is 2.59 bits per heavy atom. The van der Waals surface area contributed by atoms with Crippen molar-refractivity contribution in [3.05, 3.63) is 51.2 Å². The van der Waals surface area contributed by atoms with Crippen LogP contribution in [-0.2, 0) is 0 Å². The molecule has 1 aromatic heterocycles. The highest BCUT2D eigenvalue weighted by molar-refractivity contribution is 5.60. The number of nitrogens with one attached hydrogen (secondary N) is 1. The molecule has 0 fully saturated rings. The van der Waals surface area contributed by atoms with Gasteiger partial charge in [-0.15, -0.1) is 0 Å². The molecule has 0 saturated heterocycles. The zero-order valence-electron chi connectivity index (χ0n) is 9.97. The molecule has 1 heterocycles. The summed E-state index contributed by atoms with van der Waals surface area (Å²) >= 11 is 0. The van der Waals surface area contributed by atoms with Gasteiger partial charge in [0.25, 0.3) is 5.56 Å². The van der Waals surface area contributed by atoms with E-state index in [1.807, 2.05) is 6.92 Å². The molecule has 0 bridgehead atoms. The van der Waals surface area contributed by atoms with Crippen molar-refractivity contribution in [1.29, 1.82) is 0 Å². The SMILES string of the molecule is Cc1ccc(F)cc1-c1nc(C)c(C)c(=O)[nH]1. The van der Waals surface area contributed by atoms with Crippen molar-refractivity contribution in [2.75, 3.05) is 0 Å². The van der Waals surface area contributed by atoms with Crippen LogP contribution in [0.2, 0.25) is 0 Å². The molecule has 2 aromatic rings. The van der Waals surface area contributed by atoms with Gasteiger partial charge in [0.2, 0.25) is 0 Å². The fraction of sp³-hybridized carbons (Fsp3) is 0.231. The van der Waals surface area contributed by atoms with Crippen molar-refractivity contribution in [1.82, 2.24) is 9.97 Å². The Balaban J connectivity index is 2.69. The third kappa shape index (κ3) is 2.11. The molecule has 3 nitrogen and oxygen atoms in total. The molecule has 17 heavy (non-hydrogen) atoms. The predicted octanol–water partition coefficient (Wildman–Crippen LogP) is 2.50. The standard InChI is InChI=1S/C13H13FN2O/c1-7-4-5-10(14)6-11(7)12-15-9(3)8(2)13(17)16-12/h4-6H,1-3H3,(H,15,16,17). The van der Waals surface area contributed by atoms with E-state index in [2.05, 4.69) is 9.97 Å². The summed E-state index contributed by atoms with van der Waals surface area (Å²) in [5, 5.41) is 0. The van der Waals surface area contributed by atoms with Crippen LogP contribution in [0.3, 0.4) is 0 Å². The summed E-state index contributed by atoms with van der Waals surface area (Å²) < 4.78 is 13.2. The zero-order valence-corrected chi connectivity index (χ0v) is 9.97. The number of rotatable bonds is 1. The molecule has 2 rings (SSSR count). The van der Waals surface area contributed by atoms with Crippen LogP contribution in [0.4, 0.5) is 4.39 Å². The number of aryl methyl sites for hydroxylation is 2. The van der Waals surface area contributed by atoms with Crippen LogP contribution >= 0.6 is 0 Å². The molecule has 0 unspecified atom stereocenters. The number of hydrogen-bond donors (Lipinski definition) is 1. The number of aromatic amines is 1. The average molecular weight is 232 g/mol. The van der Waals surface area contributed by atoms with E-state index in [9.17, 15) is 9.18 Å². The molecule has 0 spiro atoms. The van der Waals surface area contributed by atoms with E-state index < -0.39 is 0 Å². The zero-order chi connectivity index (χ0) is 12.6. The molecule has 1 N–H and O–H groups in total. The lowest BCUT2D eigenvalue weighted by molar-refractivity contribution is 0.627. The van der Waals surface area contributed by atoms with E-state index in [0.29, 0.717) is 22.6 Å². The molecule has 4 heteroatoms. The van der Waals surface area contributed by atoms with Gasteiger partial charge in [-0.2, -0.15) is 0 Å². The van der Waals surface area contributed by atoms with Gasteiger partial charge in [0.15, 0.2) is 0 Å². The summed E-state index contributed by atoms with van der Waals surface area (Å²) in [4.78, 5) is 18.6. The molecule has 0 saturated carbocycles. The Morgan fingerprint density at radius 1 is 1.24 bits per heavy atom. The molecule has 88 valence electrons. The summed E-state index contributed by atoms with van der Waals surface area (Å²) in [6.07, 6.45) is 0. The van der Waals surface area contributed by atoms with Gasteiger partial charge in [-0.3, -0.25) is 4.79 Å². The molecule has 0 amide bonds. The van der Waals surface area contributed by atoms with Crippen LogP contribution in [0.25, 0.3) is 11.4 Å². The van der Waals surface area contributed by atoms with Crippen LogP contribution in [0.1, 0.15) is 16.8 Å². The van der Waals surface area contributed by atoms with Crippen LogP contribution in [0, 0.1) is 26.6 Å². The maximum Gasteiger partial charge on any atom is 0.254 e. The minimum absolute atomic E-state index is 0.184. The maximum absolute atomic E-state index is 13.2. The second-order valence-electron chi connectivity index (χ2n) is 4.08. The number of aromatic nitrogens is 2. The van der Waals surface area contributed by atoms with Gasteiger partial charge >= 0.3 is 0 Å². The first-order chi connectivity index (χ1) is 7.99. The Hall–Kier alpha value is -1.97. The van der Waals surface area contributed by atoms with Crippen molar-refractivity contribution in [3.63, 3.8) is 0 Å². The summed E-state index contributed by atoms with van der Waals surface area (Å²) in [6.45, 7) is 5.33. The molecule has 0 aliphatic rings. The predicted molar refractivity (Wildman–Crippen MR) is 64.5 cm³/mol. The fourth-order valence-electron chi connectivity index (χ4n) is 1.62. The van der Waals surface area contributed by atoms with Crippen molar-refractivity contribution in [2.45, 2.75) is 20.8 Å². The summed E-state index contributed by atoms with van der Waals surface area (Å²) in [7, 11) is 0. The minimum Gasteiger partial charge on any atom is -0.306 e. The van der Waals surface area contributed by atoms with Crippen molar-refractivity contribution in [3.8, 4) is 11.4 Å². The normalized spacial score (nSPS) is 10.6. The minimum atomic E-state index is -0.341. The molecular formula is C13H13FN2O. The second kappa shape index (κ2) is 4.13. The first-order valence-electron chi connectivity index (χ1n) is 5.33. The Morgan fingerprint density at radius 2 is 1.94 bits per heavy atom. The maximum atomic E-state index is 13.2. The number of benzene rings is 1. The Kier molecular flexibility index (Phi) is 2.79. The van der Waals surface area contributed by atoms with Crippen molar-refractivity contribution >= 4 is 0 Å². The lowest BCUT2D eigenvalue weighted by Gasteiger charge is -2.07. The smallest absolute Gasteiger partial charge is 0.254 e. The van der Waals surface area contributed by atoms with E-state index in [-0.39, 0.29) is 11.4 Å². The van der Waals surface area contributed by atoms with Crippen molar-refractivity contribution < 1.29 is 4.39 Å². The quantitative estimate of drug-likeness (QED) is 0.821. The Bertz CT molecular complexity index is 632. The number of hydrogen-bond acceptors (Lipinski definition) is 2. The van der Waals surface area contributed by atoms with Gasteiger partial charge in [0.1, 0.15) is 11.6 Å². The summed E-state index contributed by atoms with van der Waals surface area (Å²) in [6, 6.07) is 4.43. The first-order valence-corrected chi connectivity index (χ1v) is 5.33. The van der Waals surface area contributed by atoms with Crippen LogP contribution in [-0.4, -0.2) is 9.97 Å². The van der Waals surface area contributed by atoms with Gasteiger partial charge in [0.05, 0.1) is 0 Å². The highest BCUT2D eigenvalue weighted by Gasteiger charge is 2.09. The topological polar surface area (TPSA) is 45.8 Å². The average Bonchev–Trinajstić information content (AvgIpc) is 2.28. The summed E-state index contributed by atoms with van der Waals surface area (Å²) in [5.41, 5.74) is 2.55. The number of H-pyrrole nitrogens is 1. The van der Waals surface area contributed by atoms with E-state index in [4.69, 9.17) is 0 Å². The largest absolute Gasteiger partial charge is 0.306 e. The van der Waals surface area contributed by atoms with Gasteiger partial charge < -0.3 is 4.98 Å². The van der Waals surface area contributed by atoms with Gasteiger partial charge in [-0.25, -0.2) is 9.37 Å². The third-order valence-corrected chi connectivity index (χ3v) is 2.85. The number of halogens is 1. The highest BCUT2D eigenvalue weighted by Crippen LogP contribution is 2.20. The second-order valence-corrected chi connectivity index (χ2v) is 4.08. The van der Waals surface area contributed by atoms with Crippen LogP contribution < -0.4 is 5.56 Å². The van der Waals surface area contributed by atoms with E-state index in [1.54, 1.807) is 19.9 Å². The summed E-state index contributed by atoms with van der Waals surface area (Å²) in [5.74, 6) is 0.0709. The van der Waals surface area contributed by atoms with Gasteiger partial charge in [-0.1, -0.05) is 6.07 Å². The molecular weight excluding hydrogens is 219 g/mol. The third-order valence-electron chi connectivity index (χ3n) is 2.85. The van der Waals surface area contributed by atoms with Crippen LogP contribution in [0.5, 0.6) is 0 Å². The molecule has 0 aliphatic carbocycles. The van der Waals surface area contributed by atoms with E-state index >= 15 is 0 Å². The van der Waals surface area contributed by atoms with Crippen LogP contribution in [0.15, 0.2) is 23.0 Å². The highest BCUT2D eigenvalue weighted by atomic mass is 19.1. The van der Waals surface area contributed by atoms with E-state index in [1.165, 1.54) is 12.1 Å². The lowest BCUT2D eigenvalue weighted by Crippen LogP contribution is -2.14. The monoisotopic (exact) mass is 232 g/mol. The molecule has 1 aromatic carbocycles. The number of nitrogens with zero attached hydrogens (tertiary/aromatic N) is 1. The van der Waals surface area contributed by atoms with E-state index in [0.717, 1.165) is 5.56 Å². The molecule has 0 atom stereocenters. The molecule has 0 radical (unpaired) electrons. The van der Waals surface area contributed by atoms with Gasteiger partial charge in [-0.05, 0) is 38.5 Å². The van der Waals surface area contributed by atoms with Gasteiger partial charge in [0, 0.05) is 16.8 Å². The Labute approximate surface area is 98.3 Å². The first kappa shape index (κ1) is 11.5. The fourth-order valence-corrected chi connectivity index (χ4v) is 1.62. The molecule has 0 aliphatic heterocycles. The van der Waals surface area contributed by atoms with Crippen molar-refractivity contribution in [2.24, 2.45) is 0 Å².